The van der Waals surface area contributed by atoms with Crippen LogP contribution in [0.1, 0.15) is 0 Å². The van der Waals surface area contributed by atoms with E-state index in [0.717, 1.165) is 0 Å². The van der Waals surface area contributed by atoms with E-state index in [4.69, 9.17) is 0 Å². The molecule has 1 N–H and O–H groups in total. The van der Waals surface area contributed by atoms with Gasteiger partial charge in [0.15, 0.2) is 0 Å². The van der Waals surface area contributed by atoms with Gasteiger partial charge in [0.05, 0.1) is 0 Å². The van der Waals surface area contributed by atoms with Crippen molar-refractivity contribution in [2.24, 2.45) is 0 Å². The monoisotopic (exact) mass is 273 g/mol. The Morgan fingerprint density at radius 3 is 1.29 bits per heavy atom. The number of nitrogens with one attached hydrogen (secondary N) is 1. The highest BCUT2D eigenvalue weighted by atomic mass is 16.1. The van der Waals surface area contributed by atoms with Gasteiger partial charge >= 0.3 is 0 Å². The maximum atomic E-state index is 10.2. The number of benzene rings is 3. The highest BCUT2D eigenvalue weighted by molar-refractivity contribution is 5.98. The summed E-state index contributed by atoms with van der Waals surface area (Å²) in [6, 6.07) is 26.4. The molecule has 0 aliphatic rings. The fourth-order valence-electron chi connectivity index (χ4n) is 2.26. The van der Waals surface area contributed by atoms with E-state index in [1.54, 1.807) is 18.3 Å². The van der Waals surface area contributed by atoms with Crippen molar-refractivity contribution >= 4 is 21.5 Å². The van der Waals surface area contributed by atoms with E-state index in [0.29, 0.717) is 0 Å². The second-order valence-electron chi connectivity index (χ2n) is 4.77. The molecule has 0 unspecified atom stereocenters. The van der Waals surface area contributed by atoms with Crippen LogP contribution >= 0.6 is 0 Å². The summed E-state index contributed by atoms with van der Waals surface area (Å²) in [4.78, 5) is 12.7. The molecule has 4 rings (SSSR count). The first-order valence-electron chi connectivity index (χ1n) is 6.84. The Morgan fingerprint density at radius 2 is 1.00 bits per heavy atom. The van der Waals surface area contributed by atoms with Gasteiger partial charge in [0.25, 0.3) is 0 Å². The first-order valence-corrected chi connectivity index (χ1v) is 6.84. The maximum Gasteiger partial charge on any atom is 0.247 e. The van der Waals surface area contributed by atoms with Gasteiger partial charge in [0.2, 0.25) is 5.56 Å². The van der Waals surface area contributed by atoms with Crippen LogP contribution < -0.4 is 5.56 Å². The molecule has 0 aliphatic carbocycles. The fourth-order valence-corrected chi connectivity index (χ4v) is 2.26. The smallest absolute Gasteiger partial charge is 0.247 e. The number of hydrogen-bond acceptors (Lipinski definition) is 1. The largest absolute Gasteiger partial charge is 0.329 e. The van der Waals surface area contributed by atoms with Crippen LogP contribution in [0.4, 0.5) is 0 Å². The molecule has 0 spiro atoms. The predicted octanol–water partition coefficient (Wildman–Crippen LogP) is 4.37. The second kappa shape index (κ2) is 6.06. The third-order valence-electron chi connectivity index (χ3n) is 3.29. The lowest BCUT2D eigenvalue weighted by Crippen LogP contribution is -1.98. The topological polar surface area (TPSA) is 32.9 Å². The van der Waals surface area contributed by atoms with Gasteiger partial charge < -0.3 is 4.98 Å². The van der Waals surface area contributed by atoms with Crippen molar-refractivity contribution in [2.75, 3.05) is 0 Å². The van der Waals surface area contributed by atoms with Crippen LogP contribution in [0.3, 0.4) is 0 Å². The van der Waals surface area contributed by atoms with Crippen LogP contribution in [-0.2, 0) is 0 Å². The van der Waals surface area contributed by atoms with Gasteiger partial charge in [0, 0.05) is 12.3 Å². The number of H-pyrrole nitrogens is 1. The van der Waals surface area contributed by atoms with E-state index in [2.05, 4.69) is 65.6 Å². The molecule has 3 aromatic carbocycles. The van der Waals surface area contributed by atoms with Crippen molar-refractivity contribution in [1.29, 1.82) is 0 Å². The minimum atomic E-state index is -0.0532. The van der Waals surface area contributed by atoms with Crippen molar-refractivity contribution in [2.45, 2.75) is 0 Å². The minimum Gasteiger partial charge on any atom is -0.329 e. The zero-order valence-corrected chi connectivity index (χ0v) is 11.5. The van der Waals surface area contributed by atoms with E-state index in [-0.39, 0.29) is 5.56 Å². The molecule has 0 fully saturated rings. The van der Waals surface area contributed by atoms with Crippen LogP contribution in [0, 0.1) is 0 Å². The summed E-state index contributed by atoms with van der Waals surface area (Å²) in [6.07, 6.45) is 1.60. The van der Waals surface area contributed by atoms with Gasteiger partial charge in [-0.05, 0) is 39.7 Å². The standard InChI is InChI=1S/C14H10.C5H5NO/c1-2-6-12-10-14-8-4-3-7-13(14)9-11(12)5-1;7-5-3-1-2-4-6-5/h1-10H;1-4H,(H,6,7). The number of fused-ring (bicyclic) bond motifs is 2. The lowest BCUT2D eigenvalue weighted by Gasteiger charge is -2.00. The van der Waals surface area contributed by atoms with Crippen molar-refractivity contribution in [3.63, 3.8) is 0 Å². The molecule has 1 aromatic heterocycles. The third kappa shape index (κ3) is 3.18. The maximum absolute atomic E-state index is 10.2. The molecule has 21 heavy (non-hydrogen) atoms. The summed E-state index contributed by atoms with van der Waals surface area (Å²) >= 11 is 0. The molecule has 0 bridgehead atoms. The average molecular weight is 273 g/mol. The predicted molar refractivity (Wildman–Crippen MR) is 88.5 cm³/mol. The summed E-state index contributed by atoms with van der Waals surface area (Å²) in [6.45, 7) is 0. The number of rotatable bonds is 0. The quantitative estimate of drug-likeness (QED) is 0.474. The Hall–Kier alpha value is -2.87. The molecule has 0 saturated carbocycles. The lowest BCUT2D eigenvalue weighted by atomic mass is 10.0. The van der Waals surface area contributed by atoms with Gasteiger partial charge in [-0.25, -0.2) is 0 Å². The van der Waals surface area contributed by atoms with Crippen molar-refractivity contribution < 1.29 is 0 Å². The second-order valence-corrected chi connectivity index (χ2v) is 4.77. The lowest BCUT2D eigenvalue weighted by molar-refractivity contribution is 1.24. The Morgan fingerprint density at radius 1 is 0.571 bits per heavy atom. The Labute approximate surface area is 122 Å². The van der Waals surface area contributed by atoms with Crippen LogP contribution in [0.25, 0.3) is 21.5 Å². The molecule has 0 saturated heterocycles. The average Bonchev–Trinajstić information content (AvgIpc) is 2.54. The van der Waals surface area contributed by atoms with Gasteiger partial charge in [-0.2, -0.15) is 0 Å². The molecule has 2 nitrogen and oxygen atoms in total. The summed E-state index contributed by atoms with van der Waals surface area (Å²) in [7, 11) is 0. The van der Waals surface area contributed by atoms with Crippen LogP contribution in [0.15, 0.2) is 89.9 Å². The van der Waals surface area contributed by atoms with Crippen LogP contribution in [0.2, 0.25) is 0 Å². The first-order chi connectivity index (χ1) is 10.3. The molecule has 2 heteroatoms. The van der Waals surface area contributed by atoms with Crippen molar-refractivity contribution in [1.82, 2.24) is 4.98 Å². The van der Waals surface area contributed by atoms with Gasteiger partial charge in [0.1, 0.15) is 0 Å². The highest BCUT2D eigenvalue weighted by Crippen LogP contribution is 2.21. The van der Waals surface area contributed by atoms with Crippen LogP contribution in [-0.4, -0.2) is 4.98 Å². The van der Waals surface area contributed by atoms with E-state index in [1.807, 2.05) is 0 Å². The van der Waals surface area contributed by atoms with Gasteiger partial charge in [-0.3, -0.25) is 4.79 Å². The van der Waals surface area contributed by atoms with Crippen molar-refractivity contribution in [3.8, 4) is 0 Å². The minimum absolute atomic E-state index is 0.0532. The highest BCUT2D eigenvalue weighted by Gasteiger charge is 1.95. The van der Waals surface area contributed by atoms with E-state index < -0.39 is 0 Å². The molecule has 0 atom stereocenters. The molecule has 102 valence electrons. The van der Waals surface area contributed by atoms with E-state index >= 15 is 0 Å². The molecule has 4 aromatic rings. The third-order valence-corrected chi connectivity index (χ3v) is 3.29. The normalized spacial score (nSPS) is 10.1. The molecule has 1 heterocycles. The van der Waals surface area contributed by atoms with Crippen molar-refractivity contribution in [3.05, 3.63) is 95.4 Å². The first kappa shape index (κ1) is 13.1. The molecule has 0 aliphatic heterocycles. The number of aromatic nitrogens is 1. The Balaban J connectivity index is 0.000000160. The van der Waals surface area contributed by atoms with E-state index in [1.165, 1.54) is 27.6 Å². The van der Waals surface area contributed by atoms with E-state index in [9.17, 15) is 4.79 Å². The van der Waals surface area contributed by atoms with Gasteiger partial charge in [-0.1, -0.05) is 54.6 Å². The molecule has 0 radical (unpaired) electrons. The summed E-state index contributed by atoms with van der Waals surface area (Å²) in [5.74, 6) is 0. The number of hydrogen-bond donors (Lipinski definition) is 1. The summed E-state index contributed by atoms with van der Waals surface area (Å²) in [5.41, 5.74) is -0.0532. The zero-order valence-electron chi connectivity index (χ0n) is 11.5. The summed E-state index contributed by atoms with van der Waals surface area (Å²) < 4.78 is 0. The number of pyridine rings is 1. The van der Waals surface area contributed by atoms with Crippen LogP contribution in [0.5, 0.6) is 0 Å². The Kier molecular flexibility index (Phi) is 3.79. The zero-order chi connectivity index (χ0) is 14.5. The fraction of sp³-hybridized carbons (Fsp3) is 0. The molecular weight excluding hydrogens is 258 g/mol. The van der Waals surface area contributed by atoms with Gasteiger partial charge in [-0.15, -0.1) is 0 Å². The molecule has 0 amide bonds. The summed E-state index contributed by atoms with van der Waals surface area (Å²) in [5, 5.41) is 5.25. The number of aromatic amines is 1. The SMILES string of the molecule is O=c1cccc[nH]1.c1ccc2cc3ccccc3cc2c1. The Bertz CT molecular complexity index is 802. The molecular formula is C19H15NO.